The minimum Gasteiger partial charge on any atom is -0.377 e. The number of amides is 2. The van der Waals surface area contributed by atoms with Gasteiger partial charge in [-0.3, -0.25) is 14.5 Å². The van der Waals surface area contributed by atoms with E-state index in [0.717, 1.165) is 57.0 Å². The highest BCUT2D eigenvalue weighted by Gasteiger charge is 2.23. The molecule has 2 fully saturated rings. The highest BCUT2D eigenvalue weighted by Crippen LogP contribution is 2.15. The molecule has 1 aromatic rings. The van der Waals surface area contributed by atoms with E-state index in [1.165, 1.54) is 13.3 Å². The summed E-state index contributed by atoms with van der Waals surface area (Å²) >= 11 is 0. The fourth-order valence-electron chi connectivity index (χ4n) is 3.38. The molecule has 140 valence electrons. The van der Waals surface area contributed by atoms with E-state index in [4.69, 9.17) is 4.74 Å². The Bertz CT molecular complexity index is 643. The number of anilines is 1. The number of carbonyl (C=O) groups is 2. The smallest absolute Gasteiger partial charge is 0.246 e. The van der Waals surface area contributed by atoms with Crippen molar-refractivity contribution in [2.45, 2.75) is 25.9 Å². The van der Waals surface area contributed by atoms with E-state index >= 15 is 0 Å². The number of piperazine rings is 1. The van der Waals surface area contributed by atoms with Gasteiger partial charge in [0.1, 0.15) is 0 Å². The molecule has 0 aromatic heterocycles. The van der Waals surface area contributed by atoms with Gasteiger partial charge in [-0.1, -0.05) is 12.1 Å². The van der Waals surface area contributed by atoms with Gasteiger partial charge in [-0.15, -0.1) is 0 Å². The molecular weight excluding hydrogens is 330 g/mol. The molecule has 3 rings (SSSR count). The summed E-state index contributed by atoms with van der Waals surface area (Å²) in [6.45, 7) is 6.69. The van der Waals surface area contributed by atoms with Gasteiger partial charge in [-0.05, 0) is 36.6 Å². The number of ether oxygens (including phenoxy) is 1. The van der Waals surface area contributed by atoms with Crippen molar-refractivity contribution in [2.75, 3.05) is 44.6 Å². The minimum atomic E-state index is -0.0953. The lowest BCUT2D eigenvalue weighted by Crippen LogP contribution is -2.50. The van der Waals surface area contributed by atoms with Crippen LogP contribution in [-0.2, 0) is 14.3 Å². The second kappa shape index (κ2) is 8.96. The van der Waals surface area contributed by atoms with Crippen LogP contribution in [0.1, 0.15) is 25.3 Å². The number of hydrogen-bond acceptors (Lipinski definition) is 4. The molecule has 1 atom stereocenters. The van der Waals surface area contributed by atoms with E-state index in [9.17, 15) is 9.59 Å². The molecule has 0 spiro atoms. The summed E-state index contributed by atoms with van der Waals surface area (Å²) in [5.74, 6) is -0.0465. The molecule has 26 heavy (non-hydrogen) atoms. The monoisotopic (exact) mass is 357 g/mol. The second-order valence-electron chi connectivity index (χ2n) is 6.90. The van der Waals surface area contributed by atoms with Crippen LogP contribution in [-0.4, -0.2) is 67.0 Å². The van der Waals surface area contributed by atoms with Crippen molar-refractivity contribution in [1.29, 1.82) is 0 Å². The van der Waals surface area contributed by atoms with Crippen molar-refractivity contribution in [2.24, 2.45) is 0 Å². The predicted molar refractivity (Wildman–Crippen MR) is 102 cm³/mol. The Morgan fingerprint density at radius 3 is 2.54 bits per heavy atom. The Hall–Kier alpha value is -2.18. The SMILES string of the molecule is CC(=O)Nc1ccc(/C=C/C(=O)N2CCN(CC3CCCO3)CC2)cc1. The number of rotatable bonds is 5. The Balaban J connectivity index is 1.44. The highest BCUT2D eigenvalue weighted by molar-refractivity contribution is 5.92. The maximum Gasteiger partial charge on any atom is 0.246 e. The third-order valence-electron chi connectivity index (χ3n) is 4.82. The molecule has 6 nitrogen and oxygen atoms in total. The van der Waals surface area contributed by atoms with Crippen molar-refractivity contribution in [3.05, 3.63) is 35.9 Å². The first-order valence-electron chi connectivity index (χ1n) is 9.29. The number of nitrogens with one attached hydrogen (secondary N) is 1. The summed E-state index contributed by atoms with van der Waals surface area (Å²) in [6.07, 6.45) is 6.14. The predicted octanol–water partition coefficient (Wildman–Crippen LogP) is 1.98. The molecule has 0 aliphatic carbocycles. The summed E-state index contributed by atoms with van der Waals surface area (Å²) < 4.78 is 5.69. The van der Waals surface area contributed by atoms with Crippen LogP contribution in [0.25, 0.3) is 6.08 Å². The summed E-state index contributed by atoms with van der Waals surface area (Å²) in [4.78, 5) is 27.7. The van der Waals surface area contributed by atoms with Gasteiger partial charge in [-0.2, -0.15) is 0 Å². The Morgan fingerprint density at radius 2 is 1.92 bits per heavy atom. The molecule has 0 saturated carbocycles. The van der Waals surface area contributed by atoms with Gasteiger partial charge in [0.25, 0.3) is 0 Å². The van der Waals surface area contributed by atoms with E-state index in [-0.39, 0.29) is 11.8 Å². The molecule has 0 radical (unpaired) electrons. The molecule has 6 heteroatoms. The Kier molecular flexibility index (Phi) is 6.41. The van der Waals surface area contributed by atoms with Crippen LogP contribution in [0, 0.1) is 0 Å². The van der Waals surface area contributed by atoms with Crippen molar-refractivity contribution in [3.63, 3.8) is 0 Å². The van der Waals surface area contributed by atoms with E-state index in [1.54, 1.807) is 6.08 Å². The zero-order valence-electron chi connectivity index (χ0n) is 15.3. The Labute approximate surface area is 154 Å². The average Bonchev–Trinajstić information content (AvgIpc) is 3.14. The van der Waals surface area contributed by atoms with Gasteiger partial charge in [0, 0.05) is 58.0 Å². The van der Waals surface area contributed by atoms with Crippen molar-refractivity contribution >= 4 is 23.6 Å². The zero-order chi connectivity index (χ0) is 18.4. The van der Waals surface area contributed by atoms with Crippen LogP contribution in [0.2, 0.25) is 0 Å². The van der Waals surface area contributed by atoms with E-state index in [0.29, 0.717) is 6.10 Å². The lowest BCUT2D eigenvalue weighted by molar-refractivity contribution is -0.127. The summed E-state index contributed by atoms with van der Waals surface area (Å²) in [5, 5.41) is 2.73. The topological polar surface area (TPSA) is 61.9 Å². The van der Waals surface area contributed by atoms with Gasteiger partial charge in [-0.25, -0.2) is 0 Å². The van der Waals surface area contributed by atoms with Crippen LogP contribution in [0.15, 0.2) is 30.3 Å². The normalized spacial score (nSPS) is 21.3. The first-order chi connectivity index (χ1) is 12.6. The van der Waals surface area contributed by atoms with Crippen LogP contribution in [0.5, 0.6) is 0 Å². The molecular formula is C20H27N3O3. The average molecular weight is 357 g/mol. The number of benzene rings is 1. The molecule has 2 amide bonds. The molecule has 2 saturated heterocycles. The Morgan fingerprint density at radius 1 is 1.19 bits per heavy atom. The molecule has 2 aliphatic heterocycles. The number of carbonyl (C=O) groups excluding carboxylic acids is 2. The number of hydrogen-bond donors (Lipinski definition) is 1. The zero-order valence-corrected chi connectivity index (χ0v) is 15.3. The third kappa shape index (κ3) is 5.41. The fraction of sp³-hybridized carbons (Fsp3) is 0.500. The molecule has 0 bridgehead atoms. The van der Waals surface area contributed by atoms with Gasteiger partial charge in [0.05, 0.1) is 6.10 Å². The quantitative estimate of drug-likeness (QED) is 0.819. The molecule has 1 unspecified atom stereocenters. The van der Waals surface area contributed by atoms with Crippen molar-refractivity contribution < 1.29 is 14.3 Å². The van der Waals surface area contributed by atoms with Gasteiger partial charge < -0.3 is 15.0 Å². The van der Waals surface area contributed by atoms with Crippen LogP contribution in [0.3, 0.4) is 0 Å². The first-order valence-corrected chi connectivity index (χ1v) is 9.29. The van der Waals surface area contributed by atoms with Gasteiger partial charge in [0.15, 0.2) is 0 Å². The largest absolute Gasteiger partial charge is 0.377 e. The van der Waals surface area contributed by atoms with E-state index in [1.807, 2.05) is 35.2 Å². The summed E-state index contributed by atoms with van der Waals surface area (Å²) in [7, 11) is 0. The lowest BCUT2D eigenvalue weighted by atomic mass is 10.2. The van der Waals surface area contributed by atoms with Crippen LogP contribution in [0.4, 0.5) is 5.69 Å². The molecule has 1 aromatic carbocycles. The van der Waals surface area contributed by atoms with Gasteiger partial charge >= 0.3 is 0 Å². The maximum absolute atomic E-state index is 12.4. The standard InChI is InChI=1S/C20H27N3O3/c1-16(24)21-18-7-4-17(5-8-18)6-9-20(25)23-12-10-22(11-13-23)15-19-3-2-14-26-19/h4-9,19H,2-3,10-15H2,1H3,(H,21,24)/b9-6+. The van der Waals surface area contributed by atoms with Crippen LogP contribution < -0.4 is 5.32 Å². The third-order valence-corrected chi connectivity index (χ3v) is 4.82. The van der Waals surface area contributed by atoms with Crippen LogP contribution >= 0.6 is 0 Å². The van der Waals surface area contributed by atoms with Crippen molar-refractivity contribution in [1.82, 2.24) is 9.80 Å². The summed E-state index contributed by atoms with van der Waals surface area (Å²) in [6, 6.07) is 7.42. The maximum atomic E-state index is 12.4. The van der Waals surface area contributed by atoms with Crippen molar-refractivity contribution in [3.8, 4) is 0 Å². The summed E-state index contributed by atoms with van der Waals surface area (Å²) in [5.41, 5.74) is 1.69. The first kappa shape index (κ1) is 18.6. The fourth-order valence-corrected chi connectivity index (χ4v) is 3.38. The molecule has 1 N–H and O–H groups in total. The lowest BCUT2D eigenvalue weighted by Gasteiger charge is -2.35. The highest BCUT2D eigenvalue weighted by atomic mass is 16.5. The minimum absolute atomic E-state index is 0.0488. The van der Waals surface area contributed by atoms with E-state index < -0.39 is 0 Å². The van der Waals surface area contributed by atoms with Gasteiger partial charge in [0.2, 0.25) is 11.8 Å². The molecule has 2 heterocycles. The second-order valence-corrected chi connectivity index (χ2v) is 6.90. The molecule has 2 aliphatic rings. The van der Waals surface area contributed by atoms with E-state index in [2.05, 4.69) is 10.2 Å². The number of nitrogens with zero attached hydrogens (tertiary/aromatic N) is 2.